The normalized spacial score (nSPS) is 16.4. The largest absolute Gasteiger partial charge is 0.533 e. The van der Waals surface area contributed by atoms with Crippen molar-refractivity contribution in [2.45, 2.75) is 75.8 Å². The molecule has 0 fully saturated rings. The van der Waals surface area contributed by atoms with Crippen molar-refractivity contribution in [3.05, 3.63) is 131 Å². The van der Waals surface area contributed by atoms with Gasteiger partial charge in [0.05, 0.1) is 70.1 Å². The topological polar surface area (TPSA) is 133 Å². The van der Waals surface area contributed by atoms with Gasteiger partial charge in [0.25, 0.3) is 11.8 Å². The summed E-state index contributed by atoms with van der Waals surface area (Å²) in [4.78, 5) is 34.5. The van der Waals surface area contributed by atoms with Crippen molar-refractivity contribution < 1.29 is 75.5 Å². The Morgan fingerprint density at radius 2 is 1.28 bits per heavy atom. The molecule has 0 unspecified atom stereocenters. The molecule has 1 radical (unpaired) electrons. The maximum atomic E-state index is 14.2. The van der Waals surface area contributed by atoms with E-state index < -0.39 is 0 Å². The molecule has 0 aliphatic carbocycles. The van der Waals surface area contributed by atoms with Crippen LogP contribution >= 0.6 is 11.8 Å². The van der Waals surface area contributed by atoms with E-state index in [1.165, 1.54) is 5.56 Å². The summed E-state index contributed by atoms with van der Waals surface area (Å²) in [7, 11) is 4.85. The van der Waals surface area contributed by atoms with Crippen LogP contribution in [0.25, 0.3) is 0 Å². The van der Waals surface area contributed by atoms with Crippen LogP contribution in [-0.2, 0) is 73.0 Å². The number of hydrogen-bond acceptors (Lipinski definition) is 13. The Hall–Kier alpha value is -5.03. The molecular formula is C56H66N5O9SY-. The molecule has 0 saturated carbocycles. The van der Waals surface area contributed by atoms with Crippen LogP contribution in [0.3, 0.4) is 0 Å². The minimum atomic E-state index is -0.127. The van der Waals surface area contributed by atoms with E-state index in [2.05, 4.69) is 73.6 Å². The van der Waals surface area contributed by atoms with E-state index in [1.54, 1.807) is 33.5 Å². The van der Waals surface area contributed by atoms with Gasteiger partial charge in [-0.15, -0.1) is 0 Å². The van der Waals surface area contributed by atoms with E-state index in [-0.39, 0.29) is 74.6 Å². The van der Waals surface area contributed by atoms with Crippen molar-refractivity contribution in [2.75, 3.05) is 99.3 Å². The van der Waals surface area contributed by atoms with Gasteiger partial charge < -0.3 is 58.5 Å². The molecule has 72 heavy (non-hydrogen) atoms. The van der Waals surface area contributed by atoms with Crippen LogP contribution in [0, 0.1) is 6.54 Å². The monoisotopic (exact) mass is 1070 g/mol. The summed E-state index contributed by atoms with van der Waals surface area (Å²) in [6.07, 6.45) is 1.52. The van der Waals surface area contributed by atoms with Crippen LogP contribution in [-0.4, -0.2) is 108 Å². The van der Waals surface area contributed by atoms with Crippen LogP contribution in [0.4, 0.5) is 28.4 Å². The number of ether oxygens (including phenoxy) is 7. The van der Waals surface area contributed by atoms with E-state index in [9.17, 15) is 9.59 Å². The number of methoxy groups -OCH3 is 3. The molecule has 2 amide bonds. The van der Waals surface area contributed by atoms with Crippen molar-refractivity contribution in [3.63, 3.8) is 0 Å². The second-order valence-electron chi connectivity index (χ2n) is 19.2. The summed E-state index contributed by atoms with van der Waals surface area (Å²) in [5.74, 6) is 1.77. The third kappa shape index (κ3) is 12.0. The van der Waals surface area contributed by atoms with Crippen molar-refractivity contribution in [3.8, 4) is 23.0 Å². The Balaban J connectivity index is 0.00000693. The number of rotatable bonds is 22. The Bertz CT molecular complexity index is 2570. The molecule has 379 valence electrons. The second kappa shape index (κ2) is 23.9. The van der Waals surface area contributed by atoms with Crippen molar-refractivity contribution in [1.82, 2.24) is 0 Å². The summed E-state index contributed by atoms with van der Waals surface area (Å²) >= 11 is 1.94. The number of para-hydroxylation sites is 2. The third-order valence-electron chi connectivity index (χ3n) is 13.2. The molecule has 0 aromatic heterocycles. The summed E-state index contributed by atoms with van der Waals surface area (Å²) in [6.45, 7) is 15.9. The van der Waals surface area contributed by atoms with Crippen molar-refractivity contribution in [1.29, 1.82) is 0 Å². The first-order chi connectivity index (χ1) is 34.4. The van der Waals surface area contributed by atoms with E-state index in [4.69, 9.17) is 33.2 Å². The van der Waals surface area contributed by atoms with Crippen molar-refractivity contribution in [2.24, 2.45) is 0 Å². The zero-order valence-electron chi connectivity index (χ0n) is 42.5. The SMILES string of the molecule is COCCOCCOCCN(CC(C)(C)SC(C)C)c1cc(COc2cc3c(cc2OC)C(=O)N2c4ccccc4C[C@H]2CN3)cc(COc2cc3c(cc2OC)C(=O)N2c4ccccc4C[C@H]2[CH-]N3)c1.[Y]. The Morgan fingerprint density at radius 1 is 0.708 bits per heavy atom. The fourth-order valence-corrected chi connectivity index (χ4v) is 11.7. The fraction of sp³-hybridized carbons (Fsp3) is 0.411. The zero-order valence-corrected chi connectivity index (χ0v) is 46.1. The summed E-state index contributed by atoms with van der Waals surface area (Å²) in [5.41, 5.74) is 9.37. The van der Waals surface area contributed by atoms with E-state index >= 15 is 0 Å². The Kier molecular flexibility index (Phi) is 17.7. The number of carbonyl (C=O) groups excluding carboxylic acids is 2. The van der Waals surface area contributed by atoms with Gasteiger partial charge in [-0.1, -0.05) is 56.3 Å². The number of fused-ring (bicyclic) bond motifs is 8. The number of nitrogens with zero attached hydrogens (tertiary/aromatic N) is 3. The van der Waals surface area contributed by atoms with Crippen LogP contribution in [0.2, 0.25) is 0 Å². The fourth-order valence-electron chi connectivity index (χ4n) is 10.2. The van der Waals surface area contributed by atoms with Gasteiger partial charge >= 0.3 is 0 Å². The molecule has 9 rings (SSSR count). The standard InChI is InChI=1S/C56H66N5O9S.Y/c1-36(2)71-56(3,4)35-59(16-17-67-20-21-68-19-18-64-5)41-23-37(33-69-52-29-46-44(27-50(52)65-6)54(62)60-42(31-57-46)25-39-12-8-10-14-48(39)60)22-38(24-41)34-70-53-30-47-45(28-51(53)66-7)55(63)61-43(32-58-47)26-40-13-9-11-15-49(40)61;/h8-15,22-24,27-31,36,42-43,57-58H,16-21,25-26,32-35H2,1-7H3;/q-1;/t42-,43-;/m0./s1. The molecule has 4 heterocycles. The molecule has 5 aromatic carbocycles. The van der Waals surface area contributed by atoms with Crippen LogP contribution < -0.4 is 44.3 Å². The number of hydrogen-bond donors (Lipinski definition) is 2. The molecule has 4 aliphatic heterocycles. The number of anilines is 5. The average molecular weight is 1070 g/mol. The van der Waals surface area contributed by atoms with Crippen LogP contribution in [0.1, 0.15) is 70.7 Å². The van der Waals surface area contributed by atoms with Gasteiger partial charge in [-0.3, -0.25) is 9.59 Å². The van der Waals surface area contributed by atoms with Gasteiger partial charge in [-0.2, -0.15) is 11.8 Å². The van der Waals surface area contributed by atoms with E-state index in [0.717, 1.165) is 53.1 Å². The number of thioether (sulfide) groups is 1. The molecule has 5 aromatic rings. The predicted octanol–water partition coefficient (Wildman–Crippen LogP) is 9.42. The van der Waals surface area contributed by atoms with Gasteiger partial charge in [-0.25, -0.2) is 6.54 Å². The van der Waals surface area contributed by atoms with Gasteiger partial charge in [0, 0.05) is 99.1 Å². The third-order valence-corrected chi connectivity index (χ3v) is 14.4. The average Bonchev–Trinajstić information content (AvgIpc) is 3.85. The second-order valence-corrected chi connectivity index (χ2v) is 21.5. The number of nitrogens with one attached hydrogen (secondary N) is 2. The molecule has 0 spiro atoms. The first kappa shape index (κ1) is 53.3. The maximum Gasteiger partial charge on any atom is 0.260 e. The predicted molar refractivity (Wildman–Crippen MR) is 282 cm³/mol. The number of carbonyl (C=O) groups is 2. The van der Waals surface area contributed by atoms with E-state index in [0.29, 0.717) is 96.9 Å². The van der Waals surface area contributed by atoms with Crippen molar-refractivity contribution >= 4 is 52.0 Å². The maximum absolute atomic E-state index is 14.2. The molecule has 2 atom stereocenters. The molecular weight excluding hydrogens is 1010 g/mol. The number of benzene rings is 5. The summed E-state index contributed by atoms with van der Waals surface area (Å²) < 4.78 is 41.9. The molecule has 14 nitrogen and oxygen atoms in total. The van der Waals surface area contributed by atoms with Gasteiger partial charge in [0.2, 0.25) is 0 Å². The quantitative estimate of drug-likeness (QED) is 0.0505. The van der Waals surface area contributed by atoms with Gasteiger partial charge in [0.1, 0.15) is 13.2 Å². The molecule has 0 bridgehead atoms. The molecule has 4 aliphatic rings. The van der Waals surface area contributed by atoms with Gasteiger partial charge in [0.15, 0.2) is 23.0 Å². The molecule has 2 N–H and O–H groups in total. The summed E-state index contributed by atoms with van der Waals surface area (Å²) in [5, 5.41) is 7.41. The number of amides is 2. The Morgan fingerprint density at radius 3 is 1.92 bits per heavy atom. The van der Waals surface area contributed by atoms with Crippen LogP contribution in [0.5, 0.6) is 23.0 Å². The Labute approximate surface area is 453 Å². The first-order valence-electron chi connectivity index (χ1n) is 24.5. The first-order valence-corrected chi connectivity index (χ1v) is 25.4. The van der Waals surface area contributed by atoms with Gasteiger partial charge in [-0.05, 0) is 96.7 Å². The zero-order chi connectivity index (χ0) is 49.6. The minimum absolute atomic E-state index is 0. The smallest absolute Gasteiger partial charge is 0.260 e. The summed E-state index contributed by atoms with van der Waals surface area (Å²) in [6, 6.07) is 29.7. The minimum Gasteiger partial charge on any atom is -0.533 e. The van der Waals surface area contributed by atoms with Crippen LogP contribution in [0.15, 0.2) is 91.0 Å². The molecule has 16 heteroatoms. The van der Waals surface area contributed by atoms with E-state index in [1.807, 2.05) is 76.6 Å². The molecule has 0 saturated heterocycles.